The maximum absolute atomic E-state index is 12.9. The Labute approximate surface area is 138 Å². The summed E-state index contributed by atoms with van der Waals surface area (Å²) in [5, 5.41) is 4.17. The van der Waals surface area contributed by atoms with Gasteiger partial charge < -0.3 is 4.90 Å². The number of hydrogen-bond acceptors (Lipinski definition) is 3. The molecule has 1 amide bonds. The van der Waals surface area contributed by atoms with Crippen LogP contribution in [0.2, 0.25) is 0 Å². The zero-order chi connectivity index (χ0) is 17.0. The standard InChI is InChI=1S/C18H26N4O/c1-14-8-6-7-9-16(14)17(20(2)3)18(23)21(4)11-10-15-12-19-22(5)13-15/h6-9,12-13,17H,10-11H2,1-5H3/t17-/m1/s1. The van der Waals surface area contributed by atoms with Gasteiger partial charge in [0.1, 0.15) is 6.04 Å². The molecular formula is C18H26N4O. The van der Waals surface area contributed by atoms with E-state index in [0.717, 1.165) is 23.1 Å². The average molecular weight is 314 g/mol. The molecule has 0 saturated heterocycles. The van der Waals surface area contributed by atoms with E-state index >= 15 is 0 Å². The monoisotopic (exact) mass is 314 g/mol. The first-order valence-electron chi connectivity index (χ1n) is 7.84. The summed E-state index contributed by atoms with van der Waals surface area (Å²) in [7, 11) is 7.67. The van der Waals surface area contributed by atoms with Gasteiger partial charge in [-0.15, -0.1) is 0 Å². The zero-order valence-corrected chi connectivity index (χ0v) is 14.7. The Hall–Kier alpha value is -2.14. The molecule has 5 nitrogen and oxygen atoms in total. The van der Waals surface area contributed by atoms with Gasteiger partial charge in [0, 0.05) is 26.8 Å². The fraction of sp³-hybridized carbons (Fsp3) is 0.444. The molecule has 0 aliphatic heterocycles. The Balaban J connectivity index is 2.10. The summed E-state index contributed by atoms with van der Waals surface area (Å²) in [6.07, 6.45) is 4.65. The van der Waals surface area contributed by atoms with Gasteiger partial charge in [-0.1, -0.05) is 24.3 Å². The first-order chi connectivity index (χ1) is 10.9. The number of benzene rings is 1. The third-order valence-electron chi connectivity index (χ3n) is 4.10. The number of aryl methyl sites for hydroxylation is 2. The Bertz CT molecular complexity index is 663. The summed E-state index contributed by atoms with van der Waals surface area (Å²) >= 11 is 0. The molecule has 0 aliphatic carbocycles. The molecule has 0 radical (unpaired) electrons. The van der Waals surface area contributed by atoms with E-state index in [2.05, 4.69) is 18.1 Å². The molecule has 23 heavy (non-hydrogen) atoms. The van der Waals surface area contributed by atoms with Crippen molar-refractivity contribution in [3.8, 4) is 0 Å². The van der Waals surface area contributed by atoms with E-state index in [9.17, 15) is 4.79 Å². The van der Waals surface area contributed by atoms with Crippen molar-refractivity contribution in [2.24, 2.45) is 7.05 Å². The Morgan fingerprint density at radius 3 is 2.52 bits per heavy atom. The van der Waals surface area contributed by atoms with E-state index < -0.39 is 0 Å². The third kappa shape index (κ3) is 4.20. The minimum atomic E-state index is -0.255. The van der Waals surface area contributed by atoms with Gasteiger partial charge in [0.25, 0.3) is 0 Å². The van der Waals surface area contributed by atoms with Crippen molar-refractivity contribution < 1.29 is 4.79 Å². The van der Waals surface area contributed by atoms with Gasteiger partial charge in [0.05, 0.1) is 6.20 Å². The lowest BCUT2D eigenvalue weighted by Gasteiger charge is -2.29. The largest absolute Gasteiger partial charge is 0.344 e. The highest BCUT2D eigenvalue weighted by Gasteiger charge is 2.26. The van der Waals surface area contributed by atoms with Crippen LogP contribution in [0.4, 0.5) is 0 Å². The second kappa shape index (κ2) is 7.42. The number of amides is 1. The summed E-state index contributed by atoms with van der Waals surface area (Å²) in [6.45, 7) is 2.73. The van der Waals surface area contributed by atoms with Crippen molar-refractivity contribution >= 4 is 5.91 Å². The van der Waals surface area contributed by atoms with Crippen molar-refractivity contribution in [2.45, 2.75) is 19.4 Å². The number of aromatic nitrogens is 2. The van der Waals surface area contributed by atoms with Crippen molar-refractivity contribution in [2.75, 3.05) is 27.7 Å². The highest BCUT2D eigenvalue weighted by molar-refractivity contribution is 5.83. The molecule has 1 aromatic heterocycles. The molecule has 0 aliphatic rings. The Kier molecular flexibility index (Phi) is 5.55. The molecule has 1 heterocycles. The second-order valence-electron chi connectivity index (χ2n) is 6.25. The number of nitrogens with zero attached hydrogens (tertiary/aromatic N) is 4. The van der Waals surface area contributed by atoms with E-state index in [1.54, 1.807) is 4.68 Å². The lowest BCUT2D eigenvalue weighted by Crippen LogP contribution is -2.39. The quantitative estimate of drug-likeness (QED) is 0.819. The fourth-order valence-electron chi connectivity index (χ4n) is 2.74. The summed E-state index contributed by atoms with van der Waals surface area (Å²) in [4.78, 5) is 16.7. The predicted molar refractivity (Wildman–Crippen MR) is 92.2 cm³/mol. The highest BCUT2D eigenvalue weighted by atomic mass is 16.2. The van der Waals surface area contributed by atoms with E-state index in [0.29, 0.717) is 6.54 Å². The topological polar surface area (TPSA) is 41.4 Å². The average Bonchev–Trinajstić information content (AvgIpc) is 2.92. The maximum Gasteiger partial charge on any atom is 0.244 e. The minimum Gasteiger partial charge on any atom is -0.344 e. The van der Waals surface area contributed by atoms with Gasteiger partial charge in [0.15, 0.2) is 0 Å². The van der Waals surface area contributed by atoms with Crippen LogP contribution in [-0.4, -0.2) is 53.2 Å². The van der Waals surface area contributed by atoms with Crippen LogP contribution < -0.4 is 0 Å². The smallest absolute Gasteiger partial charge is 0.244 e. The number of carbonyl (C=O) groups is 1. The SMILES string of the molecule is Cc1ccccc1[C@H](C(=O)N(C)CCc1cnn(C)c1)N(C)C. The second-order valence-corrected chi connectivity index (χ2v) is 6.25. The first-order valence-corrected chi connectivity index (χ1v) is 7.84. The van der Waals surface area contributed by atoms with Gasteiger partial charge >= 0.3 is 0 Å². The van der Waals surface area contributed by atoms with Crippen molar-refractivity contribution in [1.29, 1.82) is 0 Å². The van der Waals surface area contributed by atoms with Gasteiger partial charge in [-0.2, -0.15) is 5.10 Å². The molecule has 0 N–H and O–H groups in total. The van der Waals surface area contributed by atoms with E-state index in [1.807, 2.05) is 68.6 Å². The molecule has 1 atom stereocenters. The van der Waals surface area contributed by atoms with Crippen LogP contribution in [0.25, 0.3) is 0 Å². The lowest BCUT2D eigenvalue weighted by atomic mass is 9.99. The highest BCUT2D eigenvalue weighted by Crippen LogP contribution is 2.23. The Morgan fingerprint density at radius 1 is 1.26 bits per heavy atom. The summed E-state index contributed by atoms with van der Waals surface area (Å²) in [6, 6.07) is 7.82. The molecule has 1 aromatic carbocycles. The maximum atomic E-state index is 12.9. The molecular weight excluding hydrogens is 288 g/mol. The fourth-order valence-corrected chi connectivity index (χ4v) is 2.74. The molecule has 124 valence electrons. The van der Waals surface area contributed by atoms with Gasteiger partial charge in [-0.05, 0) is 44.1 Å². The van der Waals surface area contributed by atoms with Crippen molar-refractivity contribution in [3.05, 3.63) is 53.3 Å². The number of carbonyl (C=O) groups excluding carboxylic acids is 1. The molecule has 2 aromatic rings. The van der Waals surface area contributed by atoms with Gasteiger partial charge in [0.2, 0.25) is 5.91 Å². The van der Waals surface area contributed by atoms with E-state index in [1.165, 1.54) is 0 Å². The zero-order valence-electron chi connectivity index (χ0n) is 14.7. The van der Waals surface area contributed by atoms with Crippen molar-refractivity contribution in [1.82, 2.24) is 19.6 Å². The van der Waals surface area contributed by atoms with Crippen LogP contribution in [0.5, 0.6) is 0 Å². The molecule has 0 spiro atoms. The van der Waals surface area contributed by atoms with Gasteiger partial charge in [-0.3, -0.25) is 14.4 Å². The predicted octanol–water partition coefficient (Wildman–Crippen LogP) is 2.03. The van der Waals surface area contributed by atoms with Crippen LogP contribution in [0.1, 0.15) is 22.7 Å². The van der Waals surface area contributed by atoms with Crippen LogP contribution in [0.15, 0.2) is 36.7 Å². The number of likely N-dealkylation sites (N-methyl/N-ethyl adjacent to an activating group) is 2. The van der Waals surface area contributed by atoms with E-state index in [4.69, 9.17) is 0 Å². The summed E-state index contributed by atoms with van der Waals surface area (Å²) in [5.41, 5.74) is 3.35. The lowest BCUT2D eigenvalue weighted by molar-refractivity contribution is -0.135. The summed E-state index contributed by atoms with van der Waals surface area (Å²) in [5.74, 6) is 0.119. The van der Waals surface area contributed by atoms with E-state index in [-0.39, 0.29) is 11.9 Å². The molecule has 0 fully saturated rings. The van der Waals surface area contributed by atoms with Crippen LogP contribution >= 0.6 is 0 Å². The molecule has 0 unspecified atom stereocenters. The summed E-state index contributed by atoms with van der Waals surface area (Å²) < 4.78 is 1.78. The van der Waals surface area contributed by atoms with Crippen LogP contribution in [0.3, 0.4) is 0 Å². The van der Waals surface area contributed by atoms with Crippen LogP contribution in [0, 0.1) is 6.92 Å². The van der Waals surface area contributed by atoms with Crippen LogP contribution in [-0.2, 0) is 18.3 Å². The molecule has 5 heteroatoms. The van der Waals surface area contributed by atoms with Gasteiger partial charge in [-0.25, -0.2) is 0 Å². The minimum absolute atomic E-state index is 0.119. The van der Waals surface area contributed by atoms with Crippen molar-refractivity contribution in [3.63, 3.8) is 0 Å². The normalized spacial score (nSPS) is 12.4. The third-order valence-corrected chi connectivity index (χ3v) is 4.10. The molecule has 0 bridgehead atoms. The Morgan fingerprint density at radius 2 is 1.96 bits per heavy atom. The molecule has 0 saturated carbocycles. The number of hydrogen-bond donors (Lipinski definition) is 0. The number of rotatable bonds is 6. The first kappa shape index (κ1) is 17.2. The molecule has 2 rings (SSSR count).